The normalized spacial score (nSPS) is 10.6. The molecule has 0 radical (unpaired) electrons. The molecule has 0 fully saturated rings. The number of hydrogen-bond acceptors (Lipinski definition) is 6. The molecule has 3 rings (SSSR count). The molecule has 0 aliphatic heterocycles. The minimum atomic E-state index is 0.476. The maximum atomic E-state index is 9.31. The van der Waals surface area contributed by atoms with E-state index in [9.17, 15) is 5.26 Å². The second-order valence-corrected chi connectivity index (χ2v) is 6.49. The van der Waals surface area contributed by atoms with Gasteiger partial charge in [-0.05, 0) is 44.5 Å². The number of aromatic nitrogens is 3. The van der Waals surface area contributed by atoms with Crippen LogP contribution < -0.4 is 0 Å². The standard InChI is InChI=1S/C18H16N4OS/c1-11-4-6-14(7-5-11)17-22-21-16(23-17)10-24-18-15(9-19)12(2)8-13(3)20-18/h4-8H,10H2,1-3H3. The number of pyridine rings is 1. The zero-order valence-corrected chi connectivity index (χ0v) is 14.5. The average Bonchev–Trinajstić information content (AvgIpc) is 3.02. The van der Waals surface area contributed by atoms with E-state index in [0.29, 0.717) is 28.1 Å². The van der Waals surface area contributed by atoms with Crippen LogP contribution >= 0.6 is 11.8 Å². The molecule has 0 amide bonds. The molecule has 0 atom stereocenters. The Morgan fingerprint density at radius 1 is 1.12 bits per heavy atom. The van der Waals surface area contributed by atoms with Gasteiger partial charge in [0.25, 0.3) is 0 Å². The zero-order valence-electron chi connectivity index (χ0n) is 13.7. The van der Waals surface area contributed by atoms with Crippen LogP contribution in [-0.2, 0) is 5.75 Å². The first kappa shape index (κ1) is 16.2. The summed E-state index contributed by atoms with van der Waals surface area (Å²) in [5.74, 6) is 1.49. The Morgan fingerprint density at radius 2 is 1.88 bits per heavy atom. The molecule has 5 nitrogen and oxygen atoms in total. The molecule has 0 unspecified atom stereocenters. The topological polar surface area (TPSA) is 75.6 Å². The summed E-state index contributed by atoms with van der Waals surface area (Å²) in [6.45, 7) is 5.86. The third kappa shape index (κ3) is 3.47. The van der Waals surface area contributed by atoms with Gasteiger partial charge in [-0.15, -0.1) is 10.2 Å². The Balaban J connectivity index is 1.77. The van der Waals surface area contributed by atoms with Crippen LogP contribution in [0.2, 0.25) is 0 Å². The summed E-state index contributed by atoms with van der Waals surface area (Å²) in [6, 6.07) is 12.0. The quantitative estimate of drug-likeness (QED) is 0.664. The summed E-state index contributed by atoms with van der Waals surface area (Å²) >= 11 is 1.43. The summed E-state index contributed by atoms with van der Waals surface area (Å²) < 4.78 is 5.71. The SMILES string of the molecule is Cc1ccc(-c2nnc(CSc3nc(C)cc(C)c3C#N)o2)cc1. The molecule has 0 saturated carbocycles. The lowest BCUT2D eigenvalue weighted by Crippen LogP contribution is -1.94. The van der Waals surface area contributed by atoms with Gasteiger partial charge in [-0.25, -0.2) is 4.98 Å². The highest BCUT2D eigenvalue weighted by atomic mass is 32.2. The monoisotopic (exact) mass is 336 g/mol. The number of benzene rings is 1. The number of aryl methyl sites for hydroxylation is 3. The summed E-state index contributed by atoms with van der Waals surface area (Å²) in [5.41, 5.74) is 4.49. The van der Waals surface area contributed by atoms with Crippen molar-refractivity contribution in [2.75, 3.05) is 0 Å². The van der Waals surface area contributed by atoms with Crippen LogP contribution in [0.15, 0.2) is 39.8 Å². The van der Waals surface area contributed by atoms with E-state index < -0.39 is 0 Å². The summed E-state index contributed by atoms with van der Waals surface area (Å²) in [4.78, 5) is 4.45. The van der Waals surface area contributed by atoms with E-state index in [1.165, 1.54) is 17.3 Å². The zero-order chi connectivity index (χ0) is 17.1. The minimum Gasteiger partial charge on any atom is -0.420 e. The van der Waals surface area contributed by atoms with E-state index in [0.717, 1.165) is 16.8 Å². The number of thioether (sulfide) groups is 1. The molecule has 2 heterocycles. The lowest BCUT2D eigenvalue weighted by molar-refractivity contribution is 0.528. The number of nitrogens with zero attached hydrogens (tertiary/aromatic N) is 4. The number of nitriles is 1. The van der Waals surface area contributed by atoms with Gasteiger partial charge in [0.05, 0.1) is 11.3 Å². The first-order valence-corrected chi connectivity index (χ1v) is 8.46. The summed E-state index contributed by atoms with van der Waals surface area (Å²) in [5, 5.41) is 18.2. The summed E-state index contributed by atoms with van der Waals surface area (Å²) in [7, 11) is 0. The fourth-order valence-electron chi connectivity index (χ4n) is 2.30. The molecule has 0 spiro atoms. The fraction of sp³-hybridized carbons (Fsp3) is 0.222. The maximum Gasteiger partial charge on any atom is 0.247 e. The van der Waals surface area contributed by atoms with Crippen LogP contribution in [0.3, 0.4) is 0 Å². The van der Waals surface area contributed by atoms with E-state index in [1.54, 1.807) is 0 Å². The van der Waals surface area contributed by atoms with Crippen molar-refractivity contribution in [2.24, 2.45) is 0 Å². The highest BCUT2D eigenvalue weighted by Crippen LogP contribution is 2.27. The van der Waals surface area contributed by atoms with E-state index in [4.69, 9.17) is 4.42 Å². The van der Waals surface area contributed by atoms with Crippen molar-refractivity contribution in [3.8, 4) is 17.5 Å². The van der Waals surface area contributed by atoms with Crippen LogP contribution in [-0.4, -0.2) is 15.2 Å². The predicted molar refractivity (Wildman–Crippen MR) is 92.5 cm³/mol. The van der Waals surface area contributed by atoms with Crippen molar-refractivity contribution in [3.63, 3.8) is 0 Å². The van der Waals surface area contributed by atoms with Gasteiger partial charge in [0, 0.05) is 11.3 Å². The van der Waals surface area contributed by atoms with Gasteiger partial charge in [-0.3, -0.25) is 0 Å². The molecule has 2 aromatic heterocycles. The number of rotatable bonds is 4. The highest BCUT2D eigenvalue weighted by Gasteiger charge is 2.13. The first-order valence-electron chi connectivity index (χ1n) is 7.47. The van der Waals surface area contributed by atoms with Gasteiger partial charge in [-0.2, -0.15) is 5.26 Å². The molecule has 0 saturated heterocycles. The van der Waals surface area contributed by atoms with Crippen LogP contribution in [0.5, 0.6) is 0 Å². The highest BCUT2D eigenvalue weighted by molar-refractivity contribution is 7.98. The van der Waals surface area contributed by atoms with Gasteiger partial charge in [-0.1, -0.05) is 29.5 Å². The first-order chi connectivity index (χ1) is 11.6. The molecule has 0 N–H and O–H groups in total. The lowest BCUT2D eigenvalue weighted by atomic mass is 10.1. The Bertz CT molecular complexity index is 910. The van der Waals surface area contributed by atoms with Crippen molar-refractivity contribution in [1.82, 2.24) is 15.2 Å². The Morgan fingerprint density at radius 3 is 2.58 bits per heavy atom. The number of hydrogen-bond donors (Lipinski definition) is 0. The van der Waals surface area contributed by atoms with Crippen LogP contribution in [0, 0.1) is 32.1 Å². The molecule has 3 aromatic rings. The molecule has 0 aliphatic carbocycles. The molecule has 0 bridgehead atoms. The molecule has 6 heteroatoms. The van der Waals surface area contributed by atoms with Gasteiger partial charge < -0.3 is 4.42 Å². The second kappa shape index (κ2) is 6.85. The van der Waals surface area contributed by atoms with Crippen molar-refractivity contribution < 1.29 is 4.42 Å². The Kier molecular flexibility index (Phi) is 4.63. The van der Waals surface area contributed by atoms with Gasteiger partial charge in [0.15, 0.2) is 0 Å². The molecular formula is C18H16N4OS. The Labute approximate surface area is 144 Å². The lowest BCUT2D eigenvalue weighted by Gasteiger charge is -2.05. The van der Waals surface area contributed by atoms with Crippen molar-refractivity contribution in [1.29, 1.82) is 5.26 Å². The third-order valence-electron chi connectivity index (χ3n) is 3.52. The van der Waals surface area contributed by atoms with E-state index in [2.05, 4.69) is 21.3 Å². The maximum absolute atomic E-state index is 9.31. The van der Waals surface area contributed by atoms with Gasteiger partial charge in [0.1, 0.15) is 11.1 Å². The van der Waals surface area contributed by atoms with E-state index >= 15 is 0 Å². The molecule has 1 aromatic carbocycles. The summed E-state index contributed by atoms with van der Waals surface area (Å²) in [6.07, 6.45) is 0. The molecule has 120 valence electrons. The van der Waals surface area contributed by atoms with Gasteiger partial charge >= 0.3 is 0 Å². The van der Waals surface area contributed by atoms with E-state index in [1.807, 2.05) is 51.1 Å². The van der Waals surface area contributed by atoms with Crippen LogP contribution in [0.25, 0.3) is 11.5 Å². The van der Waals surface area contributed by atoms with Crippen molar-refractivity contribution >= 4 is 11.8 Å². The fourth-order valence-corrected chi connectivity index (χ4v) is 3.23. The van der Waals surface area contributed by atoms with Crippen molar-refractivity contribution in [2.45, 2.75) is 31.6 Å². The third-order valence-corrected chi connectivity index (χ3v) is 4.48. The molecule has 0 aliphatic rings. The smallest absolute Gasteiger partial charge is 0.247 e. The van der Waals surface area contributed by atoms with E-state index in [-0.39, 0.29) is 0 Å². The van der Waals surface area contributed by atoms with Crippen LogP contribution in [0.1, 0.15) is 28.3 Å². The molecule has 24 heavy (non-hydrogen) atoms. The van der Waals surface area contributed by atoms with Gasteiger partial charge in [0.2, 0.25) is 11.8 Å². The minimum absolute atomic E-state index is 0.476. The molecular weight excluding hydrogens is 320 g/mol. The largest absolute Gasteiger partial charge is 0.420 e. The van der Waals surface area contributed by atoms with Crippen molar-refractivity contribution in [3.05, 3.63) is 58.6 Å². The van der Waals surface area contributed by atoms with Crippen LogP contribution in [0.4, 0.5) is 0 Å². The average molecular weight is 336 g/mol. The second-order valence-electron chi connectivity index (χ2n) is 5.53. The Hall–Kier alpha value is -2.65. The predicted octanol–water partition coefficient (Wildman–Crippen LogP) is 4.22.